The Kier molecular flexibility index (Phi) is 6.38. The van der Waals surface area contributed by atoms with Crippen LogP contribution < -0.4 is 10.9 Å². The van der Waals surface area contributed by atoms with Gasteiger partial charge < -0.3 is 0 Å². The van der Waals surface area contributed by atoms with Gasteiger partial charge in [0.1, 0.15) is 0 Å². The molecular weight excluding hydrogens is 328 g/mol. The Hall–Kier alpha value is -3.28. The molecule has 0 saturated heterocycles. The van der Waals surface area contributed by atoms with Crippen LogP contribution in [0.2, 0.25) is 0 Å². The number of benzene rings is 2. The number of hydrogen-bond donors (Lipinski definition) is 2. The van der Waals surface area contributed by atoms with Crippen LogP contribution in [0.25, 0.3) is 0 Å². The van der Waals surface area contributed by atoms with E-state index in [-0.39, 0.29) is 0 Å². The zero-order valence-corrected chi connectivity index (χ0v) is 15.3. The van der Waals surface area contributed by atoms with Gasteiger partial charge in [-0.25, -0.2) is 10.9 Å². The molecule has 6 nitrogen and oxygen atoms in total. The summed E-state index contributed by atoms with van der Waals surface area (Å²) in [5.74, 6) is -1.77. The van der Waals surface area contributed by atoms with Crippen molar-refractivity contribution in [2.45, 2.75) is 27.7 Å². The summed E-state index contributed by atoms with van der Waals surface area (Å²) in [5.41, 5.74) is 10.5. The average molecular weight is 350 g/mol. The predicted molar refractivity (Wildman–Crippen MR) is 103 cm³/mol. The molecule has 0 aliphatic rings. The summed E-state index contributed by atoms with van der Waals surface area (Å²) < 4.78 is 0. The summed E-state index contributed by atoms with van der Waals surface area (Å²) in [6.45, 7) is 7.90. The molecule has 0 bridgehead atoms. The van der Waals surface area contributed by atoms with E-state index in [0.717, 1.165) is 33.4 Å². The molecule has 0 radical (unpaired) electrons. The lowest BCUT2D eigenvalue weighted by molar-refractivity contribution is -0.139. The maximum absolute atomic E-state index is 11.7. The van der Waals surface area contributed by atoms with E-state index in [1.807, 2.05) is 64.1 Å². The molecule has 0 saturated carbocycles. The van der Waals surface area contributed by atoms with E-state index in [1.54, 1.807) is 0 Å². The minimum Gasteiger partial charge on any atom is -0.262 e. The fourth-order valence-electron chi connectivity index (χ4n) is 2.36. The maximum Gasteiger partial charge on any atom is 0.331 e. The molecule has 0 aromatic heterocycles. The van der Waals surface area contributed by atoms with Crippen LogP contribution in [-0.4, -0.2) is 24.2 Å². The first-order valence-electron chi connectivity index (χ1n) is 8.18. The van der Waals surface area contributed by atoms with Gasteiger partial charge in [-0.1, -0.05) is 47.5 Å². The van der Waals surface area contributed by atoms with Crippen LogP contribution in [0, 0.1) is 27.7 Å². The van der Waals surface area contributed by atoms with E-state index in [9.17, 15) is 9.59 Å². The van der Waals surface area contributed by atoms with Crippen molar-refractivity contribution in [1.82, 2.24) is 10.9 Å². The molecule has 2 amide bonds. The van der Waals surface area contributed by atoms with Gasteiger partial charge in [-0.15, -0.1) is 0 Å². The zero-order valence-electron chi connectivity index (χ0n) is 15.3. The minimum absolute atomic E-state index is 0.865. The van der Waals surface area contributed by atoms with Crippen molar-refractivity contribution in [1.29, 1.82) is 0 Å². The van der Waals surface area contributed by atoms with E-state index in [0.29, 0.717) is 0 Å². The summed E-state index contributed by atoms with van der Waals surface area (Å²) in [6.07, 6.45) is 3.00. The maximum atomic E-state index is 11.7. The molecule has 0 aliphatic carbocycles. The van der Waals surface area contributed by atoms with Crippen LogP contribution >= 0.6 is 0 Å². The smallest absolute Gasteiger partial charge is 0.262 e. The van der Waals surface area contributed by atoms with Gasteiger partial charge in [0.15, 0.2) is 0 Å². The van der Waals surface area contributed by atoms with Crippen LogP contribution in [0.15, 0.2) is 46.6 Å². The molecule has 26 heavy (non-hydrogen) atoms. The van der Waals surface area contributed by atoms with Crippen LogP contribution in [0.1, 0.15) is 33.4 Å². The van der Waals surface area contributed by atoms with Crippen molar-refractivity contribution < 1.29 is 9.59 Å². The number of amides is 2. The summed E-state index contributed by atoms with van der Waals surface area (Å²) >= 11 is 0. The number of carbonyl (C=O) groups excluding carboxylic acids is 2. The Morgan fingerprint density at radius 3 is 1.46 bits per heavy atom. The van der Waals surface area contributed by atoms with Gasteiger partial charge >= 0.3 is 11.8 Å². The number of hydrazone groups is 2. The number of nitrogens with one attached hydrogen (secondary N) is 2. The second-order valence-electron chi connectivity index (χ2n) is 6.12. The third-order valence-electron chi connectivity index (χ3n) is 3.80. The molecule has 2 aromatic rings. The summed E-state index contributed by atoms with van der Waals surface area (Å²) in [6, 6.07) is 11.7. The van der Waals surface area contributed by atoms with E-state index >= 15 is 0 Å². The standard InChI is InChI=1S/C20H22N4O2/c1-13-5-7-17(15(3)9-13)11-21-23-19(25)20(26)24-22-12-18-8-6-14(2)10-16(18)4/h5-12H,1-4H3,(H,23,25)(H,24,26)/b21-11+,22-12+. The van der Waals surface area contributed by atoms with Crippen molar-refractivity contribution in [3.63, 3.8) is 0 Å². The summed E-state index contributed by atoms with van der Waals surface area (Å²) in [4.78, 5) is 23.4. The molecule has 0 atom stereocenters. The number of hydrogen-bond acceptors (Lipinski definition) is 4. The highest BCUT2D eigenvalue weighted by Gasteiger charge is 2.11. The van der Waals surface area contributed by atoms with Crippen molar-refractivity contribution in [2.24, 2.45) is 10.2 Å². The first kappa shape index (κ1) is 19.1. The molecule has 2 aromatic carbocycles. The topological polar surface area (TPSA) is 82.9 Å². The van der Waals surface area contributed by atoms with E-state index in [4.69, 9.17) is 0 Å². The first-order valence-corrected chi connectivity index (χ1v) is 8.18. The van der Waals surface area contributed by atoms with E-state index < -0.39 is 11.8 Å². The largest absolute Gasteiger partial charge is 0.331 e. The second kappa shape index (κ2) is 8.71. The number of aryl methyl sites for hydroxylation is 4. The van der Waals surface area contributed by atoms with Crippen molar-refractivity contribution in [3.05, 3.63) is 69.8 Å². The predicted octanol–water partition coefficient (Wildman–Crippen LogP) is 2.52. The Morgan fingerprint density at radius 1 is 0.731 bits per heavy atom. The molecule has 0 spiro atoms. The molecule has 0 fully saturated rings. The molecule has 0 unspecified atom stereocenters. The Balaban J connectivity index is 1.88. The molecular formula is C20H22N4O2. The van der Waals surface area contributed by atoms with E-state index in [2.05, 4.69) is 21.1 Å². The Labute approximate surface area is 153 Å². The fraction of sp³-hybridized carbons (Fsp3) is 0.200. The van der Waals surface area contributed by atoms with Crippen molar-refractivity contribution >= 4 is 24.2 Å². The monoisotopic (exact) mass is 350 g/mol. The lowest BCUT2D eigenvalue weighted by atomic mass is 10.1. The van der Waals surface area contributed by atoms with Gasteiger partial charge in [-0.2, -0.15) is 10.2 Å². The van der Waals surface area contributed by atoms with Gasteiger partial charge in [-0.3, -0.25) is 9.59 Å². The van der Waals surface area contributed by atoms with Gasteiger partial charge in [0.2, 0.25) is 0 Å². The number of carbonyl (C=O) groups is 2. The Bertz CT molecular complexity index is 812. The lowest BCUT2D eigenvalue weighted by Gasteiger charge is -2.02. The highest BCUT2D eigenvalue weighted by Crippen LogP contribution is 2.08. The molecule has 0 aliphatic heterocycles. The fourth-order valence-corrected chi connectivity index (χ4v) is 2.36. The molecule has 6 heteroatoms. The normalized spacial score (nSPS) is 11.1. The van der Waals surface area contributed by atoms with E-state index in [1.165, 1.54) is 12.4 Å². The Morgan fingerprint density at radius 2 is 1.12 bits per heavy atom. The third kappa shape index (κ3) is 5.37. The van der Waals surface area contributed by atoms with Gasteiger partial charge in [-0.05, 0) is 49.9 Å². The van der Waals surface area contributed by atoms with Gasteiger partial charge in [0, 0.05) is 0 Å². The van der Waals surface area contributed by atoms with Crippen LogP contribution in [0.3, 0.4) is 0 Å². The highest BCUT2D eigenvalue weighted by atomic mass is 16.2. The average Bonchev–Trinajstić information content (AvgIpc) is 2.58. The summed E-state index contributed by atoms with van der Waals surface area (Å²) in [5, 5.41) is 7.61. The highest BCUT2D eigenvalue weighted by molar-refractivity contribution is 6.35. The lowest BCUT2D eigenvalue weighted by Crippen LogP contribution is -2.35. The zero-order chi connectivity index (χ0) is 19.1. The van der Waals surface area contributed by atoms with Crippen LogP contribution in [0.5, 0.6) is 0 Å². The molecule has 2 N–H and O–H groups in total. The summed E-state index contributed by atoms with van der Waals surface area (Å²) in [7, 11) is 0. The first-order chi connectivity index (χ1) is 12.4. The number of rotatable bonds is 4. The minimum atomic E-state index is -0.885. The molecule has 0 heterocycles. The third-order valence-corrected chi connectivity index (χ3v) is 3.80. The van der Waals surface area contributed by atoms with Gasteiger partial charge in [0.25, 0.3) is 0 Å². The SMILES string of the molecule is Cc1ccc(/C=N/NC(=O)C(=O)N/N=C/c2ccc(C)cc2C)c(C)c1. The van der Waals surface area contributed by atoms with Crippen LogP contribution in [0.4, 0.5) is 0 Å². The quantitative estimate of drug-likeness (QED) is 0.505. The molecule has 2 rings (SSSR count). The van der Waals surface area contributed by atoms with Crippen molar-refractivity contribution in [3.8, 4) is 0 Å². The van der Waals surface area contributed by atoms with Crippen LogP contribution in [-0.2, 0) is 9.59 Å². The molecule has 134 valence electrons. The van der Waals surface area contributed by atoms with Gasteiger partial charge in [0.05, 0.1) is 12.4 Å². The number of nitrogens with zero attached hydrogens (tertiary/aromatic N) is 2. The second-order valence-corrected chi connectivity index (χ2v) is 6.12. The van der Waals surface area contributed by atoms with Crippen molar-refractivity contribution in [2.75, 3.05) is 0 Å².